The van der Waals surface area contributed by atoms with Gasteiger partial charge in [-0.2, -0.15) is 0 Å². The van der Waals surface area contributed by atoms with Gasteiger partial charge in [-0.15, -0.1) is 0 Å². The number of hydrogen-bond donors (Lipinski definition) is 1. The second-order valence-corrected chi connectivity index (χ2v) is 3.60. The molecule has 0 fully saturated rings. The third-order valence-electron chi connectivity index (χ3n) is 1.61. The van der Waals surface area contributed by atoms with Crippen molar-refractivity contribution in [2.24, 2.45) is 0 Å². The van der Waals surface area contributed by atoms with Crippen LogP contribution in [0, 0.1) is 11.8 Å². The van der Waals surface area contributed by atoms with E-state index in [1.165, 1.54) is 0 Å². The Hall–Kier alpha value is -0.680. The minimum Gasteiger partial charge on any atom is -0.396 e. The number of unbranched alkanes of at least 4 members (excludes halogenated alkanes) is 1. The molecule has 0 saturated heterocycles. The average Bonchev–Trinajstić information content (AvgIpc) is 2.18. The predicted octanol–water partition coefficient (Wildman–Crippen LogP) is 3.12. The van der Waals surface area contributed by atoms with Gasteiger partial charge in [-0.05, 0) is 24.6 Å². The first kappa shape index (κ1) is 11.4. The number of rotatable bonds is 2. The lowest BCUT2D eigenvalue weighted by atomic mass is 10.2. The van der Waals surface area contributed by atoms with E-state index in [0.29, 0.717) is 22.9 Å². The van der Waals surface area contributed by atoms with E-state index >= 15 is 0 Å². The number of benzene rings is 1. The SMILES string of the molecule is OCCCC#Cc1cc(Cl)ccc1Cl. The fraction of sp³-hybridized carbons (Fsp3) is 0.273. The molecule has 1 aromatic carbocycles. The minimum absolute atomic E-state index is 0.165. The molecule has 0 aliphatic heterocycles. The molecule has 14 heavy (non-hydrogen) atoms. The zero-order valence-electron chi connectivity index (χ0n) is 7.56. The third-order valence-corrected chi connectivity index (χ3v) is 2.18. The molecular weight excluding hydrogens is 219 g/mol. The summed E-state index contributed by atoms with van der Waals surface area (Å²) in [7, 11) is 0. The van der Waals surface area contributed by atoms with Gasteiger partial charge in [-0.3, -0.25) is 0 Å². The highest BCUT2D eigenvalue weighted by atomic mass is 35.5. The molecule has 0 unspecified atom stereocenters. The van der Waals surface area contributed by atoms with Crippen LogP contribution in [0.2, 0.25) is 10.0 Å². The summed E-state index contributed by atoms with van der Waals surface area (Å²) >= 11 is 11.7. The van der Waals surface area contributed by atoms with Gasteiger partial charge in [0.1, 0.15) is 0 Å². The Morgan fingerprint density at radius 2 is 2.07 bits per heavy atom. The molecule has 0 aliphatic carbocycles. The average molecular weight is 229 g/mol. The van der Waals surface area contributed by atoms with Gasteiger partial charge in [0, 0.05) is 23.6 Å². The number of hydrogen-bond acceptors (Lipinski definition) is 1. The van der Waals surface area contributed by atoms with E-state index in [-0.39, 0.29) is 6.61 Å². The lowest BCUT2D eigenvalue weighted by molar-refractivity contribution is 0.290. The fourth-order valence-electron chi connectivity index (χ4n) is 0.918. The van der Waals surface area contributed by atoms with Crippen molar-refractivity contribution in [2.75, 3.05) is 6.61 Å². The summed E-state index contributed by atoms with van der Waals surface area (Å²) in [6.45, 7) is 0.165. The largest absolute Gasteiger partial charge is 0.396 e. The highest BCUT2D eigenvalue weighted by Gasteiger charge is 1.96. The Kier molecular flexibility index (Phi) is 4.82. The van der Waals surface area contributed by atoms with E-state index in [1.54, 1.807) is 18.2 Å². The lowest BCUT2D eigenvalue weighted by Gasteiger charge is -1.95. The Balaban J connectivity index is 2.73. The molecule has 0 heterocycles. The molecule has 0 saturated carbocycles. The summed E-state index contributed by atoms with van der Waals surface area (Å²) in [5, 5.41) is 9.78. The summed E-state index contributed by atoms with van der Waals surface area (Å²) in [6.07, 6.45) is 1.35. The second kappa shape index (κ2) is 5.93. The van der Waals surface area contributed by atoms with Gasteiger partial charge in [0.05, 0.1) is 5.02 Å². The fourth-order valence-corrected chi connectivity index (χ4v) is 1.26. The van der Waals surface area contributed by atoms with E-state index in [0.717, 1.165) is 5.56 Å². The van der Waals surface area contributed by atoms with Gasteiger partial charge < -0.3 is 5.11 Å². The molecule has 0 radical (unpaired) electrons. The van der Waals surface area contributed by atoms with E-state index in [4.69, 9.17) is 28.3 Å². The number of halogens is 2. The molecule has 1 rings (SSSR count). The van der Waals surface area contributed by atoms with Crippen LogP contribution < -0.4 is 0 Å². The Bertz CT molecular complexity index is 363. The Morgan fingerprint density at radius 3 is 2.79 bits per heavy atom. The maximum absolute atomic E-state index is 8.55. The molecule has 0 bridgehead atoms. The monoisotopic (exact) mass is 228 g/mol. The second-order valence-electron chi connectivity index (χ2n) is 2.75. The maximum Gasteiger partial charge on any atom is 0.0563 e. The molecular formula is C11H10Cl2O. The van der Waals surface area contributed by atoms with Crippen LogP contribution in [0.4, 0.5) is 0 Å². The molecule has 1 aromatic rings. The first-order valence-corrected chi connectivity index (χ1v) is 5.04. The maximum atomic E-state index is 8.55. The van der Waals surface area contributed by atoms with Crippen LogP contribution in [0.25, 0.3) is 0 Å². The topological polar surface area (TPSA) is 20.2 Å². The van der Waals surface area contributed by atoms with Crippen molar-refractivity contribution in [1.82, 2.24) is 0 Å². The molecule has 1 nitrogen and oxygen atoms in total. The molecule has 3 heteroatoms. The zero-order valence-corrected chi connectivity index (χ0v) is 9.07. The molecule has 0 amide bonds. The van der Waals surface area contributed by atoms with Crippen LogP contribution in [0.5, 0.6) is 0 Å². The smallest absolute Gasteiger partial charge is 0.0563 e. The first-order valence-electron chi connectivity index (χ1n) is 4.29. The van der Waals surface area contributed by atoms with Crippen molar-refractivity contribution in [3.05, 3.63) is 33.8 Å². The van der Waals surface area contributed by atoms with Gasteiger partial charge in [-0.25, -0.2) is 0 Å². The van der Waals surface area contributed by atoms with Crippen LogP contribution in [0.1, 0.15) is 18.4 Å². The molecule has 0 atom stereocenters. The van der Waals surface area contributed by atoms with Crippen LogP contribution in [0.3, 0.4) is 0 Å². The van der Waals surface area contributed by atoms with Crippen molar-refractivity contribution in [3.63, 3.8) is 0 Å². The summed E-state index contributed by atoms with van der Waals surface area (Å²) in [4.78, 5) is 0. The van der Waals surface area contributed by atoms with Gasteiger partial charge in [0.2, 0.25) is 0 Å². The van der Waals surface area contributed by atoms with Crippen LogP contribution in [-0.2, 0) is 0 Å². The molecule has 0 spiro atoms. The molecule has 74 valence electrons. The predicted molar refractivity (Wildman–Crippen MR) is 59.7 cm³/mol. The third kappa shape index (κ3) is 3.59. The Morgan fingerprint density at radius 1 is 1.29 bits per heavy atom. The summed E-state index contributed by atoms with van der Waals surface area (Å²) < 4.78 is 0. The van der Waals surface area contributed by atoms with E-state index in [2.05, 4.69) is 11.8 Å². The zero-order chi connectivity index (χ0) is 10.4. The van der Waals surface area contributed by atoms with Gasteiger partial charge in [0.15, 0.2) is 0 Å². The van der Waals surface area contributed by atoms with E-state index in [9.17, 15) is 0 Å². The van der Waals surface area contributed by atoms with Crippen molar-refractivity contribution < 1.29 is 5.11 Å². The normalized spacial score (nSPS) is 9.36. The number of aliphatic hydroxyl groups is 1. The molecule has 0 aromatic heterocycles. The van der Waals surface area contributed by atoms with E-state index in [1.807, 2.05) is 0 Å². The Labute approximate surface area is 93.7 Å². The van der Waals surface area contributed by atoms with Crippen molar-refractivity contribution in [1.29, 1.82) is 0 Å². The van der Waals surface area contributed by atoms with Crippen molar-refractivity contribution in [3.8, 4) is 11.8 Å². The van der Waals surface area contributed by atoms with Crippen LogP contribution >= 0.6 is 23.2 Å². The molecule has 0 aliphatic rings. The highest BCUT2D eigenvalue weighted by molar-refractivity contribution is 6.33. The van der Waals surface area contributed by atoms with Crippen molar-refractivity contribution in [2.45, 2.75) is 12.8 Å². The summed E-state index contributed by atoms with van der Waals surface area (Å²) in [5.74, 6) is 5.83. The van der Waals surface area contributed by atoms with Gasteiger partial charge >= 0.3 is 0 Å². The molecule has 1 N–H and O–H groups in total. The number of aliphatic hydroxyl groups excluding tert-OH is 1. The van der Waals surface area contributed by atoms with Crippen LogP contribution in [0.15, 0.2) is 18.2 Å². The quantitative estimate of drug-likeness (QED) is 0.610. The summed E-state index contributed by atoms with van der Waals surface area (Å²) in [6, 6.07) is 5.18. The van der Waals surface area contributed by atoms with Crippen LogP contribution in [-0.4, -0.2) is 11.7 Å². The summed E-state index contributed by atoms with van der Waals surface area (Å²) in [5.41, 5.74) is 0.733. The van der Waals surface area contributed by atoms with Crippen molar-refractivity contribution >= 4 is 23.2 Å². The highest BCUT2D eigenvalue weighted by Crippen LogP contribution is 2.19. The lowest BCUT2D eigenvalue weighted by Crippen LogP contribution is -1.80. The van der Waals surface area contributed by atoms with Gasteiger partial charge in [-0.1, -0.05) is 35.0 Å². The first-order chi connectivity index (χ1) is 6.74. The minimum atomic E-state index is 0.165. The van der Waals surface area contributed by atoms with Gasteiger partial charge in [0.25, 0.3) is 0 Å². The standard InChI is InChI=1S/C11H10Cl2O/c12-10-5-6-11(13)9(8-10)4-2-1-3-7-14/h5-6,8,14H,1,3,7H2. The van der Waals surface area contributed by atoms with E-state index < -0.39 is 0 Å².